The molecule has 6 nitrogen and oxygen atoms in total. The van der Waals surface area contributed by atoms with Crippen molar-refractivity contribution >= 4 is 11.8 Å². The molecule has 5 saturated carbocycles. The van der Waals surface area contributed by atoms with Gasteiger partial charge in [0.1, 0.15) is 24.1 Å². The zero-order valence-corrected chi connectivity index (χ0v) is 23.7. The molecule has 6 heteroatoms. The van der Waals surface area contributed by atoms with Crippen molar-refractivity contribution < 1.29 is 24.2 Å². The third kappa shape index (κ3) is 2.79. The molecule has 204 valence electrons. The molecule has 0 aromatic heterocycles. The number of epoxide rings is 1. The Morgan fingerprint density at radius 1 is 1.05 bits per heavy atom. The number of carbonyl (C=O) groups is 2. The van der Waals surface area contributed by atoms with Gasteiger partial charge in [0, 0.05) is 17.8 Å². The average molecular weight is 512 g/mol. The number of aliphatic hydroxyl groups excluding tert-OH is 1. The van der Waals surface area contributed by atoms with E-state index in [9.17, 15) is 20.0 Å². The van der Waals surface area contributed by atoms with E-state index in [1.165, 1.54) is 7.11 Å². The van der Waals surface area contributed by atoms with Gasteiger partial charge < -0.3 is 14.6 Å². The van der Waals surface area contributed by atoms with Crippen LogP contribution in [0.1, 0.15) is 92.9 Å². The van der Waals surface area contributed by atoms with Crippen LogP contribution in [-0.2, 0) is 19.1 Å². The van der Waals surface area contributed by atoms with Crippen molar-refractivity contribution in [3.63, 3.8) is 0 Å². The third-order valence-electron chi connectivity index (χ3n) is 13.8. The number of hydrogen-bond donors (Lipinski definition) is 1. The molecular weight excluding hydrogens is 466 g/mol. The largest absolute Gasteiger partial charge is 0.469 e. The maximum Gasteiger partial charge on any atom is 0.312 e. The number of methoxy groups -OCH3 is 1. The topological polar surface area (TPSA) is 99.9 Å². The molecule has 3 unspecified atom stereocenters. The van der Waals surface area contributed by atoms with Crippen molar-refractivity contribution in [3.05, 3.63) is 0 Å². The lowest BCUT2D eigenvalue weighted by Crippen LogP contribution is -2.70. The first-order valence-electron chi connectivity index (χ1n) is 14.6. The summed E-state index contributed by atoms with van der Waals surface area (Å²) in [4.78, 5) is 27.9. The number of ether oxygens (including phenoxy) is 2. The maximum atomic E-state index is 14.5. The van der Waals surface area contributed by atoms with E-state index in [-0.39, 0.29) is 63.3 Å². The molecule has 1 N–H and O–H groups in total. The van der Waals surface area contributed by atoms with Gasteiger partial charge in [-0.1, -0.05) is 41.5 Å². The van der Waals surface area contributed by atoms with Crippen LogP contribution in [0.15, 0.2) is 0 Å². The second kappa shape index (κ2) is 7.39. The smallest absolute Gasteiger partial charge is 0.312 e. The molecule has 6 aliphatic rings. The van der Waals surface area contributed by atoms with E-state index in [0.29, 0.717) is 12.2 Å². The Hall–Kier alpha value is -1.45. The Morgan fingerprint density at radius 2 is 1.73 bits per heavy atom. The Morgan fingerprint density at radius 3 is 2.38 bits per heavy atom. The molecule has 0 bridgehead atoms. The highest BCUT2D eigenvalue weighted by Gasteiger charge is 2.81. The van der Waals surface area contributed by atoms with Crippen molar-refractivity contribution in [1.29, 1.82) is 5.26 Å². The fourth-order valence-electron chi connectivity index (χ4n) is 11.5. The van der Waals surface area contributed by atoms with Crippen LogP contribution in [0, 0.1) is 68.0 Å². The Kier molecular flexibility index (Phi) is 5.15. The number of nitriles is 1. The number of Topliss-reactive ketones (excluding diaryl/α,β-unsaturated/α-hetero) is 1. The van der Waals surface area contributed by atoms with Crippen molar-refractivity contribution in [2.45, 2.75) is 111 Å². The van der Waals surface area contributed by atoms with E-state index in [4.69, 9.17) is 9.47 Å². The molecule has 0 aromatic rings. The van der Waals surface area contributed by atoms with Gasteiger partial charge in [0.15, 0.2) is 0 Å². The predicted octanol–water partition coefficient (Wildman–Crippen LogP) is 5.07. The van der Waals surface area contributed by atoms with Gasteiger partial charge >= 0.3 is 5.97 Å². The molecule has 1 aliphatic heterocycles. The number of carbonyl (C=O) groups excluding carboxylic acids is 2. The van der Waals surface area contributed by atoms with Gasteiger partial charge in [-0.15, -0.1) is 0 Å². The summed E-state index contributed by atoms with van der Waals surface area (Å²) >= 11 is 0. The molecular formula is C31H45NO5. The summed E-state index contributed by atoms with van der Waals surface area (Å²) in [7, 11) is 1.50. The highest BCUT2D eigenvalue weighted by atomic mass is 16.6. The fourth-order valence-corrected chi connectivity index (χ4v) is 11.5. The number of nitrogens with zero attached hydrogens (tertiary/aromatic N) is 1. The second-order valence-electron chi connectivity index (χ2n) is 15.4. The zero-order chi connectivity index (χ0) is 27.0. The van der Waals surface area contributed by atoms with Crippen LogP contribution in [0.4, 0.5) is 0 Å². The fraction of sp³-hybridized carbons (Fsp3) is 0.903. The van der Waals surface area contributed by atoms with E-state index >= 15 is 0 Å². The average Bonchev–Trinajstić information content (AvgIpc) is 3.61. The van der Waals surface area contributed by atoms with Crippen LogP contribution in [-0.4, -0.2) is 41.8 Å². The van der Waals surface area contributed by atoms with Gasteiger partial charge in [0.25, 0.3) is 0 Å². The number of esters is 1. The Bertz CT molecular complexity index is 1100. The third-order valence-corrected chi connectivity index (χ3v) is 13.8. The van der Waals surface area contributed by atoms with Gasteiger partial charge in [-0.25, -0.2) is 0 Å². The number of hydrogen-bond acceptors (Lipinski definition) is 6. The molecule has 0 spiro atoms. The van der Waals surface area contributed by atoms with Crippen molar-refractivity contribution in [2.75, 3.05) is 7.11 Å². The first kappa shape index (κ1) is 25.8. The lowest BCUT2D eigenvalue weighted by Gasteiger charge is -2.71. The quantitative estimate of drug-likeness (QED) is 0.390. The van der Waals surface area contributed by atoms with Gasteiger partial charge in [-0.05, 0) is 84.9 Å². The monoisotopic (exact) mass is 511 g/mol. The standard InChI is InChI=1S/C31H45NO5/c1-17-18-8-9-27(4)21(29(18,6)24-31(16-32,37-24)23(17)34)14-20(33)22-19-15-26(2,3)10-12-30(19,25(35)36-7)13-11-28(22,27)5/h17-19,21-24,34H,8-15H2,1-7H3/t17-,18-,19?,21-,22?,23?,24+,27+,28+,29-,30-,31-/m0/s1. The molecule has 12 atom stereocenters. The van der Waals surface area contributed by atoms with E-state index in [2.05, 4.69) is 47.6 Å². The van der Waals surface area contributed by atoms with E-state index < -0.39 is 17.1 Å². The van der Waals surface area contributed by atoms with Crippen LogP contribution < -0.4 is 0 Å². The summed E-state index contributed by atoms with van der Waals surface area (Å²) in [6.07, 6.45) is 5.61. The second-order valence-corrected chi connectivity index (χ2v) is 15.4. The Labute approximate surface area is 221 Å². The molecule has 0 aromatic carbocycles. The number of rotatable bonds is 1. The minimum atomic E-state index is -1.14. The maximum absolute atomic E-state index is 14.5. The number of aliphatic hydroxyl groups is 1. The number of fused-ring (bicyclic) bond motifs is 9. The van der Waals surface area contributed by atoms with Crippen LogP contribution in [0.5, 0.6) is 0 Å². The molecule has 1 heterocycles. The van der Waals surface area contributed by atoms with Crippen molar-refractivity contribution in [3.8, 4) is 6.07 Å². The molecule has 37 heavy (non-hydrogen) atoms. The summed E-state index contributed by atoms with van der Waals surface area (Å²) in [6.45, 7) is 13.6. The summed E-state index contributed by atoms with van der Waals surface area (Å²) in [6, 6.07) is 2.34. The lowest BCUT2D eigenvalue weighted by atomic mass is 9.31. The van der Waals surface area contributed by atoms with Crippen LogP contribution in [0.3, 0.4) is 0 Å². The Balaban J connectivity index is 1.45. The first-order chi connectivity index (χ1) is 17.2. The highest BCUT2D eigenvalue weighted by Crippen LogP contribution is 2.78. The lowest BCUT2D eigenvalue weighted by molar-refractivity contribution is -0.235. The molecule has 0 amide bonds. The minimum Gasteiger partial charge on any atom is -0.469 e. The molecule has 1 saturated heterocycles. The summed E-state index contributed by atoms with van der Waals surface area (Å²) in [5, 5.41) is 21.1. The number of ketones is 1. The summed E-state index contributed by atoms with van der Waals surface area (Å²) in [5.74, 6) is 0.273. The first-order valence-corrected chi connectivity index (χ1v) is 14.6. The van der Waals surface area contributed by atoms with Gasteiger partial charge in [-0.3, -0.25) is 9.59 Å². The van der Waals surface area contributed by atoms with Crippen LogP contribution in [0.25, 0.3) is 0 Å². The van der Waals surface area contributed by atoms with Crippen molar-refractivity contribution in [1.82, 2.24) is 0 Å². The highest BCUT2D eigenvalue weighted by molar-refractivity contribution is 5.87. The SMILES string of the molecule is COC(=O)[C@]12CCC(C)(C)CC1C1C(=O)C[C@@H]3[C@@]4(C)[C@H]5O[C@@]5(C#N)C(O)[C@@H](C)[C@@H]4CC[C@@]3(C)[C@]1(C)CC2. The van der Waals surface area contributed by atoms with Gasteiger partial charge in [0.2, 0.25) is 5.60 Å². The predicted molar refractivity (Wildman–Crippen MR) is 137 cm³/mol. The molecule has 0 radical (unpaired) electrons. The zero-order valence-electron chi connectivity index (χ0n) is 23.7. The normalized spacial score (nSPS) is 57.4. The van der Waals surface area contributed by atoms with Gasteiger partial charge in [-0.2, -0.15) is 5.26 Å². The van der Waals surface area contributed by atoms with E-state index in [1.807, 2.05) is 0 Å². The van der Waals surface area contributed by atoms with E-state index in [1.54, 1.807) is 0 Å². The summed E-state index contributed by atoms with van der Waals surface area (Å²) < 4.78 is 11.6. The minimum absolute atomic E-state index is 0.000676. The molecule has 5 aliphatic carbocycles. The van der Waals surface area contributed by atoms with Crippen LogP contribution in [0.2, 0.25) is 0 Å². The molecule has 6 fully saturated rings. The van der Waals surface area contributed by atoms with Crippen LogP contribution >= 0.6 is 0 Å². The van der Waals surface area contributed by atoms with E-state index in [0.717, 1.165) is 44.9 Å². The summed E-state index contributed by atoms with van der Waals surface area (Å²) in [5.41, 5.74) is -2.30. The van der Waals surface area contributed by atoms with Crippen molar-refractivity contribution in [2.24, 2.45) is 56.7 Å². The molecule has 6 rings (SSSR count). The van der Waals surface area contributed by atoms with Gasteiger partial charge in [0.05, 0.1) is 12.5 Å².